The standard InChI is InChI=1S/C13H18IN/c1-9(2)15-6-4-5-11-8-12(14)10(3)7-13(11)15/h7-9H,4-6H2,1-3H3. The van der Waals surface area contributed by atoms with Crippen molar-refractivity contribution in [2.75, 3.05) is 11.4 Å². The van der Waals surface area contributed by atoms with Gasteiger partial charge in [0.1, 0.15) is 0 Å². The molecule has 2 heteroatoms. The Bertz CT molecular complexity index is 371. The Labute approximate surface area is 106 Å². The first-order valence-electron chi connectivity index (χ1n) is 5.65. The summed E-state index contributed by atoms with van der Waals surface area (Å²) in [6.45, 7) is 7.98. The van der Waals surface area contributed by atoms with Crippen LogP contribution in [0.25, 0.3) is 0 Å². The lowest BCUT2D eigenvalue weighted by Crippen LogP contribution is -2.35. The van der Waals surface area contributed by atoms with Crippen molar-refractivity contribution in [1.29, 1.82) is 0 Å². The average Bonchev–Trinajstić information content (AvgIpc) is 2.18. The number of hydrogen-bond acceptors (Lipinski definition) is 1. The Morgan fingerprint density at radius 1 is 1.33 bits per heavy atom. The fourth-order valence-electron chi connectivity index (χ4n) is 2.27. The number of nitrogens with zero attached hydrogens (tertiary/aromatic N) is 1. The van der Waals surface area contributed by atoms with Gasteiger partial charge in [-0.05, 0) is 79.5 Å². The summed E-state index contributed by atoms with van der Waals surface area (Å²) in [6, 6.07) is 5.33. The maximum atomic E-state index is 2.53. The van der Waals surface area contributed by atoms with Crippen molar-refractivity contribution in [2.24, 2.45) is 0 Å². The van der Waals surface area contributed by atoms with Gasteiger partial charge in [0, 0.05) is 21.8 Å². The SMILES string of the molecule is Cc1cc2c(cc1I)CCCN2C(C)C. The van der Waals surface area contributed by atoms with E-state index >= 15 is 0 Å². The van der Waals surface area contributed by atoms with Crippen molar-refractivity contribution in [3.8, 4) is 0 Å². The zero-order chi connectivity index (χ0) is 11.0. The molecule has 1 nitrogen and oxygen atoms in total. The first-order valence-corrected chi connectivity index (χ1v) is 6.73. The molecule has 0 unspecified atom stereocenters. The Kier molecular flexibility index (Phi) is 3.24. The third kappa shape index (κ3) is 2.14. The molecule has 82 valence electrons. The predicted molar refractivity (Wildman–Crippen MR) is 74.7 cm³/mol. The van der Waals surface area contributed by atoms with Gasteiger partial charge in [0.25, 0.3) is 0 Å². The van der Waals surface area contributed by atoms with Gasteiger partial charge in [0.2, 0.25) is 0 Å². The molecular weight excluding hydrogens is 297 g/mol. The van der Waals surface area contributed by atoms with Gasteiger partial charge in [-0.1, -0.05) is 0 Å². The smallest absolute Gasteiger partial charge is 0.0404 e. The van der Waals surface area contributed by atoms with E-state index in [0.29, 0.717) is 6.04 Å². The molecule has 1 heterocycles. The molecule has 0 amide bonds. The minimum Gasteiger partial charge on any atom is -0.369 e. The number of aryl methyl sites for hydroxylation is 2. The quantitative estimate of drug-likeness (QED) is 0.713. The fourth-order valence-corrected chi connectivity index (χ4v) is 2.80. The summed E-state index contributed by atoms with van der Waals surface area (Å²) >= 11 is 2.44. The van der Waals surface area contributed by atoms with Gasteiger partial charge in [-0.25, -0.2) is 0 Å². The highest BCUT2D eigenvalue weighted by molar-refractivity contribution is 14.1. The van der Waals surface area contributed by atoms with Crippen LogP contribution in [0.3, 0.4) is 0 Å². The molecule has 1 aliphatic rings. The largest absolute Gasteiger partial charge is 0.369 e. The van der Waals surface area contributed by atoms with Crippen LogP contribution in [0, 0.1) is 10.5 Å². The highest BCUT2D eigenvalue weighted by atomic mass is 127. The highest BCUT2D eigenvalue weighted by Gasteiger charge is 2.19. The van der Waals surface area contributed by atoms with Crippen molar-refractivity contribution in [3.05, 3.63) is 26.8 Å². The van der Waals surface area contributed by atoms with E-state index in [1.807, 2.05) is 0 Å². The average molecular weight is 315 g/mol. The molecule has 0 aromatic heterocycles. The maximum Gasteiger partial charge on any atom is 0.0404 e. The van der Waals surface area contributed by atoms with Gasteiger partial charge in [-0.3, -0.25) is 0 Å². The number of hydrogen-bond donors (Lipinski definition) is 0. The fraction of sp³-hybridized carbons (Fsp3) is 0.538. The molecule has 0 atom stereocenters. The molecule has 2 rings (SSSR count). The monoisotopic (exact) mass is 315 g/mol. The Morgan fingerprint density at radius 2 is 2.07 bits per heavy atom. The van der Waals surface area contributed by atoms with Crippen LogP contribution in [0.1, 0.15) is 31.4 Å². The van der Waals surface area contributed by atoms with Crippen molar-refractivity contribution >= 4 is 28.3 Å². The third-order valence-electron chi connectivity index (χ3n) is 3.14. The third-order valence-corrected chi connectivity index (χ3v) is 4.30. The first kappa shape index (κ1) is 11.2. The van der Waals surface area contributed by atoms with Crippen LogP contribution in [0.2, 0.25) is 0 Å². The van der Waals surface area contributed by atoms with Crippen molar-refractivity contribution in [2.45, 2.75) is 39.7 Å². The van der Waals surface area contributed by atoms with E-state index in [0.717, 1.165) is 0 Å². The van der Waals surface area contributed by atoms with E-state index in [4.69, 9.17) is 0 Å². The minimum absolute atomic E-state index is 0.614. The molecule has 1 aliphatic heterocycles. The van der Waals surface area contributed by atoms with Crippen LogP contribution in [-0.4, -0.2) is 12.6 Å². The van der Waals surface area contributed by atoms with Crippen LogP contribution in [-0.2, 0) is 6.42 Å². The van der Waals surface area contributed by atoms with Crippen LogP contribution >= 0.6 is 22.6 Å². The van der Waals surface area contributed by atoms with Crippen molar-refractivity contribution < 1.29 is 0 Å². The molecule has 0 spiro atoms. The highest BCUT2D eigenvalue weighted by Crippen LogP contribution is 2.31. The number of halogens is 1. The Morgan fingerprint density at radius 3 is 2.73 bits per heavy atom. The second-order valence-corrected chi connectivity index (χ2v) is 5.78. The lowest BCUT2D eigenvalue weighted by Gasteiger charge is -2.35. The molecule has 1 aromatic carbocycles. The van der Waals surface area contributed by atoms with Crippen LogP contribution in [0.4, 0.5) is 5.69 Å². The Hall–Kier alpha value is -0.250. The summed E-state index contributed by atoms with van der Waals surface area (Å²) in [4.78, 5) is 2.53. The molecule has 0 N–H and O–H groups in total. The lowest BCUT2D eigenvalue weighted by atomic mass is 9.99. The number of benzene rings is 1. The lowest BCUT2D eigenvalue weighted by molar-refractivity contribution is 0.625. The second-order valence-electron chi connectivity index (χ2n) is 4.62. The molecule has 0 radical (unpaired) electrons. The summed E-state index contributed by atoms with van der Waals surface area (Å²) in [6.07, 6.45) is 2.54. The normalized spacial score (nSPS) is 15.7. The van der Waals surface area contributed by atoms with Gasteiger partial charge in [0.05, 0.1) is 0 Å². The maximum absolute atomic E-state index is 2.53. The molecule has 0 saturated carbocycles. The topological polar surface area (TPSA) is 3.24 Å². The van der Waals surface area contributed by atoms with Gasteiger partial charge < -0.3 is 4.90 Å². The van der Waals surface area contributed by atoms with Gasteiger partial charge in [-0.2, -0.15) is 0 Å². The summed E-state index contributed by atoms with van der Waals surface area (Å²) in [5, 5.41) is 0. The van der Waals surface area contributed by atoms with Crippen LogP contribution < -0.4 is 4.90 Å². The second kappa shape index (κ2) is 4.32. The zero-order valence-corrected chi connectivity index (χ0v) is 11.8. The molecule has 0 fully saturated rings. The predicted octanol–water partition coefficient (Wildman–Crippen LogP) is 3.76. The van der Waals surface area contributed by atoms with Gasteiger partial charge in [0.15, 0.2) is 0 Å². The minimum atomic E-state index is 0.614. The first-order chi connectivity index (χ1) is 7.09. The van der Waals surface area contributed by atoms with Gasteiger partial charge in [-0.15, -0.1) is 0 Å². The summed E-state index contributed by atoms with van der Waals surface area (Å²) in [7, 11) is 0. The van der Waals surface area contributed by atoms with Crippen molar-refractivity contribution in [3.63, 3.8) is 0 Å². The van der Waals surface area contributed by atoms with E-state index in [1.165, 1.54) is 39.8 Å². The van der Waals surface area contributed by atoms with E-state index in [1.54, 1.807) is 0 Å². The molecule has 15 heavy (non-hydrogen) atoms. The zero-order valence-electron chi connectivity index (χ0n) is 9.68. The van der Waals surface area contributed by atoms with E-state index in [2.05, 4.69) is 60.4 Å². The summed E-state index contributed by atoms with van der Waals surface area (Å²) < 4.78 is 1.40. The van der Waals surface area contributed by atoms with Crippen molar-refractivity contribution in [1.82, 2.24) is 0 Å². The van der Waals surface area contributed by atoms with E-state index < -0.39 is 0 Å². The number of rotatable bonds is 1. The van der Waals surface area contributed by atoms with Crippen LogP contribution in [0.5, 0.6) is 0 Å². The summed E-state index contributed by atoms with van der Waals surface area (Å²) in [5.74, 6) is 0. The van der Waals surface area contributed by atoms with Crippen LogP contribution in [0.15, 0.2) is 12.1 Å². The van der Waals surface area contributed by atoms with E-state index in [9.17, 15) is 0 Å². The molecular formula is C13H18IN. The van der Waals surface area contributed by atoms with Gasteiger partial charge >= 0.3 is 0 Å². The molecule has 1 aromatic rings. The Balaban J connectivity index is 2.47. The summed E-state index contributed by atoms with van der Waals surface area (Å²) in [5.41, 5.74) is 4.40. The molecule has 0 bridgehead atoms. The molecule has 0 aliphatic carbocycles. The number of fused-ring (bicyclic) bond motifs is 1. The number of anilines is 1. The van der Waals surface area contributed by atoms with E-state index in [-0.39, 0.29) is 0 Å². The molecule has 0 saturated heterocycles.